The molecule has 1 unspecified atom stereocenters. The molecule has 12 heavy (non-hydrogen) atoms. The molecule has 0 fully saturated rings. The fourth-order valence-corrected chi connectivity index (χ4v) is 2.07. The fraction of sp³-hybridized carbons (Fsp3) is 0.0909. The van der Waals surface area contributed by atoms with E-state index in [0.29, 0.717) is 0 Å². The molecule has 0 aromatic heterocycles. The van der Waals surface area contributed by atoms with Crippen LogP contribution in [0.5, 0.6) is 0 Å². The van der Waals surface area contributed by atoms with Crippen LogP contribution in [0, 0.1) is 5.41 Å². The second kappa shape index (κ2) is 1.63. The molecular weight excluding hydrogens is 146 g/mol. The molecule has 0 saturated heterocycles. The van der Waals surface area contributed by atoms with Crippen LogP contribution in [0.3, 0.4) is 0 Å². The molecule has 1 spiro atoms. The van der Waals surface area contributed by atoms with Crippen molar-refractivity contribution in [2.75, 3.05) is 0 Å². The summed E-state index contributed by atoms with van der Waals surface area (Å²) in [6.07, 6.45) is 15.0. The average molecular weight is 155 g/mol. The first-order valence-corrected chi connectivity index (χ1v) is 4.10. The Labute approximate surface area is 71.3 Å². The first-order chi connectivity index (χ1) is 5.80. The maximum atomic E-state index is 5.81. The summed E-state index contributed by atoms with van der Waals surface area (Å²) in [6.45, 7) is 0. The second-order valence-electron chi connectivity index (χ2n) is 3.45. The Morgan fingerprint density at radius 3 is 2.92 bits per heavy atom. The third kappa shape index (κ3) is 0.514. The fourth-order valence-electron chi connectivity index (χ4n) is 2.07. The van der Waals surface area contributed by atoms with Gasteiger partial charge in [0.25, 0.3) is 0 Å². The van der Waals surface area contributed by atoms with Crippen LogP contribution in [0.25, 0.3) is 0 Å². The van der Waals surface area contributed by atoms with Crippen LogP contribution in [0.4, 0.5) is 0 Å². The lowest BCUT2D eigenvalue weighted by Gasteiger charge is -2.23. The summed E-state index contributed by atoms with van der Waals surface area (Å²) < 4.78 is 0. The molecule has 3 aliphatic rings. The van der Waals surface area contributed by atoms with Crippen LogP contribution in [0.15, 0.2) is 59.4 Å². The standard InChI is InChI=1S/C11H9N/c12-10-7-11-4-2-1-3-9(11)5-8(10)6-11/h1-7H,12H2. The molecule has 2 N–H and O–H groups in total. The van der Waals surface area contributed by atoms with Crippen LogP contribution in [0.1, 0.15) is 0 Å². The molecule has 0 heterocycles. The van der Waals surface area contributed by atoms with Crippen LogP contribution in [0.2, 0.25) is 0 Å². The number of allylic oxidation sites excluding steroid dienone is 8. The van der Waals surface area contributed by atoms with Gasteiger partial charge in [-0.1, -0.05) is 30.4 Å². The lowest BCUT2D eigenvalue weighted by Crippen LogP contribution is -2.14. The van der Waals surface area contributed by atoms with E-state index >= 15 is 0 Å². The summed E-state index contributed by atoms with van der Waals surface area (Å²) in [5.41, 5.74) is 9.27. The average Bonchev–Trinajstić information content (AvgIpc) is 2.55. The van der Waals surface area contributed by atoms with Gasteiger partial charge in [-0.05, 0) is 23.3 Å². The SMILES string of the molecule is NC1=CC23C=CC=CC2=CC1=C3. The van der Waals surface area contributed by atoms with Gasteiger partial charge in [0.1, 0.15) is 0 Å². The van der Waals surface area contributed by atoms with Gasteiger partial charge < -0.3 is 5.73 Å². The first kappa shape index (κ1) is 6.06. The molecule has 0 amide bonds. The Bertz CT molecular complexity index is 401. The maximum absolute atomic E-state index is 5.81. The maximum Gasteiger partial charge on any atom is 0.0528 e. The summed E-state index contributed by atoms with van der Waals surface area (Å²) in [4.78, 5) is 0. The Kier molecular flexibility index (Phi) is 0.825. The monoisotopic (exact) mass is 155 g/mol. The Hall–Kier alpha value is -1.50. The highest BCUT2D eigenvalue weighted by atomic mass is 14.6. The minimum absolute atomic E-state index is 0.0220. The van der Waals surface area contributed by atoms with E-state index in [1.54, 1.807) is 0 Å². The molecule has 2 bridgehead atoms. The van der Waals surface area contributed by atoms with Crippen molar-refractivity contribution in [2.45, 2.75) is 0 Å². The Morgan fingerprint density at radius 1 is 1.17 bits per heavy atom. The van der Waals surface area contributed by atoms with E-state index in [1.165, 1.54) is 11.1 Å². The number of hydrogen-bond donors (Lipinski definition) is 1. The molecule has 1 atom stereocenters. The minimum Gasteiger partial charge on any atom is -0.398 e. The summed E-state index contributed by atoms with van der Waals surface area (Å²) in [5.74, 6) is 0. The first-order valence-electron chi connectivity index (χ1n) is 4.10. The molecule has 3 aliphatic carbocycles. The third-order valence-corrected chi connectivity index (χ3v) is 2.69. The normalized spacial score (nSPS) is 34.5. The molecule has 0 aromatic carbocycles. The van der Waals surface area contributed by atoms with Gasteiger partial charge in [-0.15, -0.1) is 0 Å². The van der Waals surface area contributed by atoms with Crippen LogP contribution in [-0.4, -0.2) is 0 Å². The van der Waals surface area contributed by atoms with Gasteiger partial charge in [-0.3, -0.25) is 0 Å². The zero-order valence-electron chi connectivity index (χ0n) is 6.62. The zero-order chi connectivity index (χ0) is 8.18. The van der Waals surface area contributed by atoms with Gasteiger partial charge in [-0.25, -0.2) is 0 Å². The van der Waals surface area contributed by atoms with E-state index in [0.717, 1.165) is 5.70 Å². The van der Waals surface area contributed by atoms with Crippen molar-refractivity contribution in [2.24, 2.45) is 11.1 Å². The third-order valence-electron chi connectivity index (χ3n) is 2.69. The number of nitrogens with two attached hydrogens (primary N) is 1. The van der Waals surface area contributed by atoms with Crippen molar-refractivity contribution in [3.8, 4) is 0 Å². The summed E-state index contributed by atoms with van der Waals surface area (Å²) >= 11 is 0. The van der Waals surface area contributed by atoms with Crippen LogP contribution < -0.4 is 5.73 Å². The van der Waals surface area contributed by atoms with Crippen LogP contribution >= 0.6 is 0 Å². The topological polar surface area (TPSA) is 26.0 Å². The highest BCUT2D eigenvalue weighted by molar-refractivity contribution is 5.66. The minimum atomic E-state index is 0.0220. The largest absolute Gasteiger partial charge is 0.398 e. The van der Waals surface area contributed by atoms with E-state index in [9.17, 15) is 0 Å². The quantitative estimate of drug-likeness (QED) is 0.567. The van der Waals surface area contributed by atoms with E-state index < -0.39 is 0 Å². The van der Waals surface area contributed by atoms with Gasteiger partial charge in [0, 0.05) is 5.70 Å². The van der Waals surface area contributed by atoms with Crippen molar-refractivity contribution in [1.29, 1.82) is 0 Å². The molecule has 0 aromatic rings. The summed E-state index contributed by atoms with van der Waals surface area (Å²) in [6, 6.07) is 0. The predicted octanol–water partition coefficient (Wildman–Crippen LogP) is 1.82. The van der Waals surface area contributed by atoms with Gasteiger partial charge in [0.2, 0.25) is 0 Å². The van der Waals surface area contributed by atoms with Gasteiger partial charge in [0.05, 0.1) is 5.41 Å². The summed E-state index contributed by atoms with van der Waals surface area (Å²) in [7, 11) is 0. The van der Waals surface area contributed by atoms with E-state index in [4.69, 9.17) is 5.73 Å². The molecule has 0 aliphatic heterocycles. The van der Waals surface area contributed by atoms with Crippen molar-refractivity contribution in [3.63, 3.8) is 0 Å². The summed E-state index contributed by atoms with van der Waals surface area (Å²) in [5, 5.41) is 0. The van der Waals surface area contributed by atoms with E-state index in [2.05, 4.69) is 42.5 Å². The van der Waals surface area contributed by atoms with Crippen molar-refractivity contribution in [3.05, 3.63) is 59.4 Å². The zero-order valence-corrected chi connectivity index (χ0v) is 6.62. The van der Waals surface area contributed by atoms with Gasteiger partial charge in [-0.2, -0.15) is 0 Å². The lowest BCUT2D eigenvalue weighted by molar-refractivity contribution is 0.788. The highest BCUT2D eigenvalue weighted by Crippen LogP contribution is 2.48. The number of rotatable bonds is 0. The van der Waals surface area contributed by atoms with Crippen molar-refractivity contribution < 1.29 is 0 Å². The van der Waals surface area contributed by atoms with Gasteiger partial charge >= 0.3 is 0 Å². The predicted molar refractivity (Wildman–Crippen MR) is 49.1 cm³/mol. The van der Waals surface area contributed by atoms with Gasteiger partial charge in [0.15, 0.2) is 0 Å². The molecule has 58 valence electrons. The molecule has 1 heteroatoms. The Morgan fingerprint density at radius 2 is 2.08 bits per heavy atom. The van der Waals surface area contributed by atoms with E-state index in [1.807, 2.05) is 0 Å². The second-order valence-corrected chi connectivity index (χ2v) is 3.45. The molecule has 0 radical (unpaired) electrons. The molecule has 3 rings (SSSR count). The molecule has 0 saturated carbocycles. The molecular formula is C11H9N. The highest BCUT2D eigenvalue weighted by Gasteiger charge is 2.37. The molecule has 1 nitrogen and oxygen atoms in total. The van der Waals surface area contributed by atoms with Crippen LogP contribution in [-0.2, 0) is 0 Å². The van der Waals surface area contributed by atoms with E-state index in [-0.39, 0.29) is 5.41 Å². The Balaban J connectivity index is 2.26. The lowest BCUT2D eigenvalue weighted by atomic mass is 9.80. The number of hydrogen-bond acceptors (Lipinski definition) is 1. The smallest absolute Gasteiger partial charge is 0.0528 e. The van der Waals surface area contributed by atoms with Crippen molar-refractivity contribution >= 4 is 0 Å². The van der Waals surface area contributed by atoms with Crippen molar-refractivity contribution in [1.82, 2.24) is 0 Å².